The first kappa shape index (κ1) is 38.9. The van der Waals surface area contributed by atoms with Crippen LogP contribution in [0.15, 0.2) is 107 Å². The van der Waals surface area contributed by atoms with Gasteiger partial charge in [0.25, 0.3) is 32.1 Å². The second-order valence-electron chi connectivity index (χ2n) is 12.6. The van der Waals surface area contributed by atoms with Crippen molar-refractivity contribution in [1.82, 2.24) is 0 Å². The molecule has 6 aromatic rings. The number of hydrogen-bond donors (Lipinski definition) is 8. The van der Waals surface area contributed by atoms with Gasteiger partial charge in [0.15, 0.2) is 0 Å². The van der Waals surface area contributed by atoms with E-state index in [2.05, 4.69) is 21.3 Å². The van der Waals surface area contributed by atoms with Gasteiger partial charge in [0.05, 0.1) is 9.79 Å². The SMILES string of the molecule is Cc1ccc(NC(=O)C(=O)Nc2ccc(C)c(C(=O)Nc3ccc4cc(S(=O)(=O)O)cc(O)c4c3)c2)cc1C(=O)Nc1ccc2cc(S(=O)(=O)O)cc(O)c2c1. The van der Waals surface area contributed by atoms with E-state index in [1.165, 1.54) is 60.7 Å². The van der Waals surface area contributed by atoms with Crippen LogP contribution in [-0.4, -0.2) is 59.8 Å². The summed E-state index contributed by atoms with van der Waals surface area (Å²) >= 11 is 0. The van der Waals surface area contributed by atoms with Gasteiger partial charge < -0.3 is 31.5 Å². The molecular formula is C38H30N4O12S2. The molecule has 0 aliphatic carbocycles. The molecule has 0 heterocycles. The Balaban J connectivity index is 1.12. The molecule has 0 atom stereocenters. The molecule has 8 N–H and O–H groups in total. The number of phenols is 2. The first-order valence-corrected chi connectivity index (χ1v) is 19.1. The van der Waals surface area contributed by atoms with Crippen molar-refractivity contribution in [2.75, 3.05) is 21.3 Å². The van der Waals surface area contributed by atoms with E-state index >= 15 is 0 Å². The van der Waals surface area contributed by atoms with Gasteiger partial charge in [-0.25, -0.2) is 0 Å². The summed E-state index contributed by atoms with van der Waals surface area (Å²) in [5.74, 6) is -4.27. The van der Waals surface area contributed by atoms with Crippen LogP contribution < -0.4 is 21.3 Å². The van der Waals surface area contributed by atoms with E-state index in [0.717, 1.165) is 24.3 Å². The molecule has 286 valence electrons. The predicted octanol–water partition coefficient (Wildman–Crippen LogP) is 5.60. The van der Waals surface area contributed by atoms with Crippen molar-refractivity contribution in [1.29, 1.82) is 0 Å². The van der Waals surface area contributed by atoms with E-state index in [4.69, 9.17) is 0 Å². The third-order valence-electron chi connectivity index (χ3n) is 8.61. The number of anilines is 4. The molecule has 0 radical (unpaired) electrons. The normalized spacial score (nSPS) is 11.6. The minimum absolute atomic E-state index is 0.106. The highest BCUT2D eigenvalue weighted by atomic mass is 32.2. The molecule has 6 aromatic carbocycles. The van der Waals surface area contributed by atoms with Crippen LogP contribution in [0.1, 0.15) is 31.8 Å². The molecular weight excluding hydrogens is 769 g/mol. The molecule has 0 saturated heterocycles. The number of fused-ring (bicyclic) bond motifs is 2. The lowest BCUT2D eigenvalue weighted by Crippen LogP contribution is -2.29. The number of hydrogen-bond acceptors (Lipinski definition) is 10. The number of rotatable bonds is 8. The van der Waals surface area contributed by atoms with Gasteiger partial charge in [0.2, 0.25) is 0 Å². The number of nitrogens with one attached hydrogen (secondary N) is 4. The van der Waals surface area contributed by atoms with Gasteiger partial charge in [-0.2, -0.15) is 16.8 Å². The zero-order valence-electron chi connectivity index (χ0n) is 29.1. The van der Waals surface area contributed by atoms with E-state index in [-0.39, 0.29) is 55.4 Å². The predicted molar refractivity (Wildman–Crippen MR) is 206 cm³/mol. The average molecular weight is 799 g/mol. The lowest BCUT2D eigenvalue weighted by Gasteiger charge is -2.13. The minimum Gasteiger partial charge on any atom is -0.507 e. The highest BCUT2D eigenvalue weighted by Crippen LogP contribution is 2.33. The maximum Gasteiger partial charge on any atom is 0.314 e. The summed E-state index contributed by atoms with van der Waals surface area (Å²) in [5.41, 5.74) is 1.99. The molecule has 0 aromatic heterocycles. The third kappa shape index (κ3) is 8.43. The van der Waals surface area contributed by atoms with Crippen LogP contribution in [-0.2, 0) is 29.8 Å². The Morgan fingerprint density at radius 2 is 0.804 bits per heavy atom. The van der Waals surface area contributed by atoms with Gasteiger partial charge in [-0.15, -0.1) is 0 Å². The van der Waals surface area contributed by atoms with Gasteiger partial charge in [0, 0.05) is 56.8 Å². The quantitative estimate of drug-likeness (QED) is 0.0691. The Morgan fingerprint density at radius 3 is 1.16 bits per heavy atom. The Hall–Kier alpha value is -6.86. The zero-order chi connectivity index (χ0) is 40.7. The summed E-state index contributed by atoms with van der Waals surface area (Å²) < 4.78 is 64.7. The fourth-order valence-corrected chi connectivity index (χ4v) is 6.81. The fraction of sp³-hybridized carbons (Fsp3) is 0.0526. The van der Waals surface area contributed by atoms with Crippen molar-refractivity contribution < 1.29 is 55.3 Å². The van der Waals surface area contributed by atoms with E-state index < -0.39 is 65.2 Å². The summed E-state index contributed by atoms with van der Waals surface area (Å²) in [4.78, 5) is 51.3. The van der Waals surface area contributed by atoms with Crippen molar-refractivity contribution >= 4 is 88.2 Å². The molecule has 0 unspecified atom stereocenters. The van der Waals surface area contributed by atoms with Crippen LogP contribution in [0.2, 0.25) is 0 Å². The van der Waals surface area contributed by atoms with E-state index in [0.29, 0.717) is 11.1 Å². The molecule has 6 rings (SSSR count). The topological polar surface area (TPSA) is 266 Å². The lowest BCUT2D eigenvalue weighted by atomic mass is 10.1. The number of phenolic OH excluding ortho intramolecular Hbond substituents is 2. The number of aryl methyl sites for hydroxylation is 2. The lowest BCUT2D eigenvalue weighted by molar-refractivity contribution is -0.132. The largest absolute Gasteiger partial charge is 0.507 e. The van der Waals surface area contributed by atoms with Crippen LogP contribution in [0.4, 0.5) is 22.7 Å². The smallest absolute Gasteiger partial charge is 0.314 e. The van der Waals surface area contributed by atoms with E-state index in [1.54, 1.807) is 26.0 Å². The van der Waals surface area contributed by atoms with Gasteiger partial charge in [-0.3, -0.25) is 28.3 Å². The highest BCUT2D eigenvalue weighted by molar-refractivity contribution is 7.86. The molecule has 18 heteroatoms. The molecule has 0 spiro atoms. The summed E-state index contributed by atoms with van der Waals surface area (Å²) in [6, 6.07) is 21.4. The molecule has 16 nitrogen and oxygen atoms in total. The number of carbonyl (C=O) groups is 4. The molecule has 0 fully saturated rings. The zero-order valence-corrected chi connectivity index (χ0v) is 30.7. The van der Waals surface area contributed by atoms with Crippen LogP contribution in [0.5, 0.6) is 11.5 Å². The second kappa shape index (κ2) is 14.8. The number of carbonyl (C=O) groups excluding carboxylic acids is 4. The van der Waals surface area contributed by atoms with Crippen LogP contribution in [0.25, 0.3) is 21.5 Å². The van der Waals surface area contributed by atoms with E-state index in [9.17, 15) is 55.3 Å². The van der Waals surface area contributed by atoms with Crippen LogP contribution >= 0.6 is 0 Å². The molecule has 0 bridgehead atoms. The highest BCUT2D eigenvalue weighted by Gasteiger charge is 2.20. The standard InChI is InChI=1S/C38H30N4O12S2/c1-19-3-7-23(13-29(19)35(45)39-25-9-5-21-11-27(55(49,50)51)17-33(43)31(21)15-25)41-37(47)38(48)42-24-8-4-20(2)30(14-24)36(46)40-26-10-6-22-12-28(56(52,53)54)18-34(44)32(22)16-26/h3-18,43-44H,1-2H3,(H,39,45)(H,40,46)(H,41,47)(H,42,48)(H,49,50,51)(H,52,53,54). The molecule has 0 saturated carbocycles. The summed E-state index contributed by atoms with van der Waals surface area (Å²) in [5, 5.41) is 31.9. The minimum atomic E-state index is -4.57. The average Bonchev–Trinajstić information content (AvgIpc) is 3.12. The van der Waals surface area contributed by atoms with Gasteiger partial charge in [-0.1, -0.05) is 24.3 Å². The Labute approximate surface area is 318 Å². The van der Waals surface area contributed by atoms with Gasteiger partial charge >= 0.3 is 11.8 Å². The molecule has 0 aliphatic heterocycles. The van der Waals surface area contributed by atoms with Crippen molar-refractivity contribution in [2.24, 2.45) is 0 Å². The molecule has 4 amide bonds. The Kier molecular flexibility index (Phi) is 10.2. The number of amides is 4. The second-order valence-corrected chi connectivity index (χ2v) is 15.4. The fourth-order valence-electron chi connectivity index (χ4n) is 5.74. The number of aromatic hydroxyl groups is 2. The first-order valence-electron chi connectivity index (χ1n) is 16.2. The van der Waals surface area contributed by atoms with Crippen molar-refractivity contribution in [3.05, 3.63) is 119 Å². The summed E-state index contributed by atoms with van der Waals surface area (Å²) in [6.07, 6.45) is 0. The molecule has 0 aliphatic rings. The maximum atomic E-state index is 13.3. The van der Waals surface area contributed by atoms with Crippen molar-refractivity contribution in [3.63, 3.8) is 0 Å². The monoisotopic (exact) mass is 798 g/mol. The van der Waals surface area contributed by atoms with Gasteiger partial charge in [-0.05, 0) is 96.4 Å². The maximum absolute atomic E-state index is 13.3. The van der Waals surface area contributed by atoms with Crippen molar-refractivity contribution in [2.45, 2.75) is 23.6 Å². The van der Waals surface area contributed by atoms with Gasteiger partial charge in [0.1, 0.15) is 11.5 Å². The Bertz CT molecular complexity index is 2700. The number of benzene rings is 6. The van der Waals surface area contributed by atoms with Crippen molar-refractivity contribution in [3.8, 4) is 11.5 Å². The summed E-state index contributed by atoms with van der Waals surface area (Å²) in [6.45, 7) is 3.29. The van der Waals surface area contributed by atoms with E-state index in [1.807, 2.05) is 0 Å². The Morgan fingerprint density at radius 1 is 0.464 bits per heavy atom. The summed E-state index contributed by atoms with van der Waals surface area (Å²) in [7, 11) is -9.14. The van der Waals surface area contributed by atoms with Crippen LogP contribution in [0, 0.1) is 13.8 Å². The first-order chi connectivity index (χ1) is 26.3. The molecule has 56 heavy (non-hydrogen) atoms. The third-order valence-corrected chi connectivity index (χ3v) is 10.3. The van der Waals surface area contributed by atoms with Crippen LogP contribution in [0.3, 0.4) is 0 Å².